The van der Waals surface area contributed by atoms with Gasteiger partial charge in [0.15, 0.2) is 0 Å². The van der Waals surface area contributed by atoms with Crippen molar-refractivity contribution >= 4 is 17.4 Å². The highest BCUT2D eigenvalue weighted by Gasteiger charge is 2.25. The molecule has 0 fully saturated rings. The number of nitrogens with one attached hydrogen (secondary N) is 1. The first-order valence-electron chi connectivity index (χ1n) is 8.97. The Morgan fingerprint density at radius 1 is 1.23 bits per heavy atom. The van der Waals surface area contributed by atoms with Gasteiger partial charge in [-0.2, -0.15) is 5.26 Å². The number of carbonyl (C=O) groups excluding carboxylic acids is 1. The van der Waals surface area contributed by atoms with Gasteiger partial charge in [0.05, 0.1) is 11.6 Å². The maximum atomic E-state index is 12.6. The summed E-state index contributed by atoms with van der Waals surface area (Å²) in [6.45, 7) is 8.41. The van der Waals surface area contributed by atoms with E-state index in [2.05, 4.69) is 37.1 Å². The fourth-order valence-corrected chi connectivity index (χ4v) is 3.45. The van der Waals surface area contributed by atoms with Crippen molar-refractivity contribution in [3.05, 3.63) is 59.2 Å². The topological polar surface area (TPSA) is 59.4 Å². The smallest absolute Gasteiger partial charge is 0.322 e. The first-order chi connectivity index (χ1) is 12.5. The molecule has 134 valence electrons. The fourth-order valence-electron chi connectivity index (χ4n) is 3.45. The summed E-state index contributed by atoms with van der Waals surface area (Å²) in [5.41, 5.74) is 4.57. The number of carbonyl (C=O) groups is 1. The highest BCUT2D eigenvalue weighted by atomic mass is 16.2. The summed E-state index contributed by atoms with van der Waals surface area (Å²) >= 11 is 0. The number of nitrogens with zero attached hydrogens (tertiary/aromatic N) is 3. The molecule has 0 unspecified atom stereocenters. The number of benzene rings is 2. The molecule has 0 bridgehead atoms. The highest BCUT2D eigenvalue weighted by Crippen LogP contribution is 2.26. The Kier molecular flexibility index (Phi) is 5.13. The van der Waals surface area contributed by atoms with E-state index in [-0.39, 0.29) is 6.03 Å². The zero-order valence-electron chi connectivity index (χ0n) is 15.5. The lowest BCUT2D eigenvalue weighted by molar-refractivity contribution is 0.212. The van der Waals surface area contributed by atoms with Gasteiger partial charge >= 0.3 is 6.03 Å². The van der Waals surface area contributed by atoms with Crippen LogP contribution in [0.2, 0.25) is 0 Å². The van der Waals surface area contributed by atoms with Crippen LogP contribution in [-0.4, -0.2) is 23.5 Å². The zero-order chi connectivity index (χ0) is 18.7. The Hall–Kier alpha value is -3.00. The minimum atomic E-state index is -0.144. The van der Waals surface area contributed by atoms with Crippen molar-refractivity contribution in [2.75, 3.05) is 16.8 Å². The molecule has 0 saturated carbocycles. The van der Waals surface area contributed by atoms with E-state index in [0.717, 1.165) is 29.0 Å². The lowest BCUT2D eigenvalue weighted by Gasteiger charge is -2.27. The predicted molar refractivity (Wildman–Crippen MR) is 104 cm³/mol. The van der Waals surface area contributed by atoms with Gasteiger partial charge in [-0.15, -0.1) is 0 Å². The van der Waals surface area contributed by atoms with Crippen LogP contribution >= 0.6 is 0 Å². The molecule has 0 spiro atoms. The van der Waals surface area contributed by atoms with Gasteiger partial charge < -0.3 is 15.1 Å². The van der Waals surface area contributed by atoms with Crippen molar-refractivity contribution < 1.29 is 4.79 Å². The van der Waals surface area contributed by atoms with Crippen LogP contribution in [-0.2, 0) is 13.1 Å². The number of hydrogen-bond donors (Lipinski definition) is 1. The molecule has 3 rings (SSSR count). The number of fused-ring (bicyclic) bond motifs is 1. The Morgan fingerprint density at radius 2 is 1.96 bits per heavy atom. The second kappa shape index (κ2) is 7.49. The van der Waals surface area contributed by atoms with Gasteiger partial charge in [0.1, 0.15) is 0 Å². The number of rotatable bonds is 4. The van der Waals surface area contributed by atoms with E-state index in [9.17, 15) is 10.1 Å². The van der Waals surface area contributed by atoms with Crippen LogP contribution in [0.5, 0.6) is 0 Å². The number of amides is 2. The Bertz CT molecular complexity index is 836. The van der Waals surface area contributed by atoms with E-state index in [1.54, 1.807) is 11.0 Å². The molecule has 2 aromatic rings. The third kappa shape index (κ3) is 3.50. The predicted octanol–water partition coefficient (Wildman–Crippen LogP) is 4.34. The summed E-state index contributed by atoms with van der Waals surface area (Å²) in [4.78, 5) is 16.6. The normalized spacial score (nSPS) is 12.7. The number of urea groups is 1. The first-order valence-corrected chi connectivity index (χ1v) is 8.97. The van der Waals surface area contributed by atoms with Crippen molar-refractivity contribution in [3.8, 4) is 6.07 Å². The maximum absolute atomic E-state index is 12.6. The van der Waals surface area contributed by atoms with Gasteiger partial charge in [-0.25, -0.2) is 4.79 Å². The Morgan fingerprint density at radius 3 is 2.58 bits per heavy atom. The molecule has 5 heteroatoms. The molecule has 0 atom stereocenters. The second-order valence-corrected chi connectivity index (χ2v) is 6.77. The second-order valence-electron chi connectivity index (χ2n) is 6.77. The summed E-state index contributed by atoms with van der Waals surface area (Å²) in [5, 5.41) is 12.2. The van der Waals surface area contributed by atoms with Crippen LogP contribution in [0.15, 0.2) is 42.5 Å². The van der Waals surface area contributed by atoms with Crippen molar-refractivity contribution in [2.45, 2.75) is 39.9 Å². The van der Waals surface area contributed by atoms with Crippen LogP contribution in [0.4, 0.5) is 16.2 Å². The quantitative estimate of drug-likeness (QED) is 0.894. The van der Waals surface area contributed by atoms with Crippen molar-refractivity contribution in [2.24, 2.45) is 0 Å². The highest BCUT2D eigenvalue weighted by molar-refractivity contribution is 5.90. The van der Waals surface area contributed by atoms with E-state index in [1.165, 1.54) is 0 Å². The SMILES string of the molecule is CCN(c1ccc(NC(=O)N2Cc3cccc(C#N)c3C2)cc1)C(C)C. The average molecular weight is 348 g/mol. The molecular formula is C21H24N4O. The molecule has 2 amide bonds. The van der Waals surface area contributed by atoms with Crippen molar-refractivity contribution in [1.82, 2.24) is 4.90 Å². The largest absolute Gasteiger partial charge is 0.369 e. The van der Waals surface area contributed by atoms with E-state index < -0.39 is 0 Å². The molecule has 0 aliphatic carbocycles. The summed E-state index contributed by atoms with van der Waals surface area (Å²) in [7, 11) is 0. The van der Waals surface area contributed by atoms with Crippen LogP contribution in [0.3, 0.4) is 0 Å². The number of anilines is 2. The van der Waals surface area contributed by atoms with Crippen molar-refractivity contribution in [1.29, 1.82) is 5.26 Å². The summed E-state index contributed by atoms with van der Waals surface area (Å²) in [6, 6.07) is 16.1. The summed E-state index contributed by atoms with van der Waals surface area (Å²) < 4.78 is 0. The monoisotopic (exact) mass is 348 g/mol. The minimum absolute atomic E-state index is 0.144. The molecule has 1 N–H and O–H groups in total. The minimum Gasteiger partial charge on any atom is -0.369 e. The van der Waals surface area contributed by atoms with Gasteiger partial charge in [0, 0.05) is 37.1 Å². The van der Waals surface area contributed by atoms with Crippen LogP contribution in [0.25, 0.3) is 0 Å². The third-order valence-electron chi connectivity index (χ3n) is 4.81. The van der Waals surface area contributed by atoms with Gasteiger partial charge in [-0.1, -0.05) is 12.1 Å². The van der Waals surface area contributed by atoms with Gasteiger partial charge in [0.2, 0.25) is 0 Å². The molecule has 1 aliphatic rings. The van der Waals surface area contributed by atoms with E-state index in [4.69, 9.17) is 0 Å². The number of nitriles is 1. The molecule has 5 nitrogen and oxygen atoms in total. The fraction of sp³-hybridized carbons (Fsp3) is 0.333. The Labute approximate surface area is 154 Å². The van der Waals surface area contributed by atoms with Crippen LogP contribution in [0, 0.1) is 11.3 Å². The van der Waals surface area contributed by atoms with E-state index in [0.29, 0.717) is 24.7 Å². The molecular weight excluding hydrogens is 324 g/mol. The van der Waals surface area contributed by atoms with Crippen molar-refractivity contribution in [3.63, 3.8) is 0 Å². The van der Waals surface area contributed by atoms with Crippen LogP contribution in [0.1, 0.15) is 37.5 Å². The molecule has 0 saturated heterocycles. The molecule has 26 heavy (non-hydrogen) atoms. The third-order valence-corrected chi connectivity index (χ3v) is 4.81. The first kappa shape index (κ1) is 17.8. The molecule has 1 aliphatic heterocycles. The average Bonchev–Trinajstić information content (AvgIpc) is 3.08. The van der Waals surface area contributed by atoms with Crippen LogP contribution < -0.4 is 10.2 Å². The van der Waals surface area contributed by atoms with E-state index in [1.807, 2.05) is 36.4 Å². The lowest BCUT2D eigenvalue weighted by atomic mass is 10.1. The molecule has 0 aromatic heterocycles. The Balaban J connectivity index is 1.67. The van der Waals surface area contributed by atoms with Gasteiger partial charge in [-0.05, 0) is 62.2 Å². The standard InChI is InChI=1S/C21H24N4O/c1-4-25(15(2)3)19-10-8-18(9-11-19)23-21(26)24-13-17-7-5-6-16(12-22)20(17)14-24/h5-11,15H,4,13-14H2,1-3H3,(H,23,26). The van der Waals surface area contributed by atoms with Gasteiger partial charge in [-0.3, -0.25) is 0 Å². The van der Waals surface area contributed by atoms with E-state index >= 15 is 0 Å². The zero-order valence-corrected chi connectivity index (χ0v) is 15.5. The number of hydrogen-bond acceptors (Lipinski definition) is 3. The molecule has 0 radical (unpaired) electrons. The summed E-state index contributed by atoms with van der Waals surface area (Å²) in [5.74, 6) is 0. The molecule has 2 aromatic carbocycles. The lowest BCUT2D eigenvalue weighted by Crippen LogP contribution is -2.31. The summed E-state index contributed by atoms with van der Waals surface area (Å²) in [6.07, 6.45) is 0. The van der Waals surface area contributed by atoms with Gasteiger partial charge in [0.25, 0.3) is 0 Å². The maximum Gasteiger partial charge on any atom is 0.322 e. The molecule has 1 heterocycles.